The molecule has 2 aromatic heterocycles. The fourth-order valence-electron chi connectivity index (χ4n) is 9.67. The predicted octanol–water partition coefficient (Wildman–Crippen LogP) is 7.44. The van der Waals surface area contributed by atoms with Crippen molar-refractivity contribution in [2.45, 2.75) is 84.6 Å². The van der Waals surface area contributed by atoms with Crippen molar-refractivity contribution in [3.8, 4) is 11.1 Å². The topological polar surface area (TPSA) is 134 Å². The third-order valence-corrected chi connectivity index (χ3v) is 13.8. The van der Waals surface area contributed by atoms with Gasteiger partial charge in [0.05, 0.1) is 27.5 Å². The zero-order chi connectivity index (χ0) is 38.1. The van der Waals surface area contributed by atoms with Gasteiger partial charge in [0.2, 0.25) is 0 Å². The van der Waals surface area contributed by atoms with Crippen LogP contribution in [0, 0.1) is 29.6 Å². The van der Waals surface area contributed by atoms with Crippen molar-refractivity contribution in [1.82, 2.24) is 24.0 Å². The first-order valence-corrected chi connectivity index (χ1v) is 19.7. The number of hydrogen-bond donors (Lipinski definition) is 3. The van der Waals surface area contributed by atoms with Crippen LogP contribution in [0.1, 0.15) is 101 Å². The molecule has 2 saturated carbocycles. The van der Waals surface area contributed by atoms with E-state index in [2.05, 4.69) is 27.6 Å². The Morgan fingerprint density at radius 2 is 1.48 bits per heavy atom. The monoisotopic (exact) mass is 751 g/mol. The van der Waals surface area contributed by atoms with Crippen molar-refractivity contribution in [2.24, 2.45) is 36.8 Å². The van der Waals surface area contributed by atoms with E-state index in [0.717, 1.165) is 104 Å². The lowest BCUT2D eigenvalue weighted by Crippen LogP contribution is -2.33. The zero-order valence-electron chi connectivity index (χ0n) is 31.9. The number of nitrogens with zero attached hydrogens (tertiary/aromatic N) is 5. The van der Waals surface area contributed by atoms with Gasteiger partial charge < -0.3 is 29.8 Å². The first-order valence-electron chi connectivity index (χ1n) is 19.3. The lowest BCUT2D eigenvalue weighted by Gasteiger charge is -2.35. The van der Waals surface area contributed by atoms with Gasteiger partial charge in [-0.1, -0.05) is 35.9 Å². The van der Waals surface area contributed by atoms with E-state index in [1.54, 1.807) is 6.07 Å². The van der Waals surface area contributed by atoms with Crippen molar-refractivity contribution in [3.63, 3.8) is 0 Å². The number of aliphatic carboxylic acids is 1. The van der Waals surface area contributed by atoms with Crippen LogP contribution in [0.2, 0.25) is 5.02 Å². The molecule has 11 nitrogen and oxygen atoms in total. The van der Waals surface area contributed by atoms with Gasteiger partial charge >= 0.3 is 5.97 Å². The summed E-state index contributed by atoms with van der Waals surface area (Å²) in [5.41, 5.74) is 7.50. The lowest BCUT2D eigenvalue weighted by atomic mass is 9.69. The van der Waals surface area contributed by atoms with Crippen molar-refractivity contribution in [3.05, 3.63) is 81.4 Å². The molecule has 54 heavy (non-hydrogen) atoms. The molecule has 0 spiro atoms. The van der Waals surface area contributed by atoms with E-state index in [-0.39, 0.29) is 11.8 Å². The number of imidazole rings is 2. The molecule has 2 amide bonds. The first-order chi connectivity index (χ1) is 25.8. The van der Waals surface area contributed by atoms with Gasteiger partial charge in [0.15, 0.2) is 11.6 Å². The molecule has 3 N–H and O–H groups in total. The third kappa shape index (κ3) is 6.42. The molecule has 0 radical (unpaired) electrons. The van der Waals surface area contributed by atoms with Gasteiger partial charge in [-0.25, -0.2) is 9.97 Å². The number of aromatic nitrogens is 4. The fraction of sp³-hybridized carbons (Fsp3) is 0.500. The number of hydrogen-bond acceptors (Lipinski definition) is 6. The molecule has 1 aliphatic heterocycles. The van der Waals surface area contributed by atoms with Crippen LogP contribution in [0.3, 0.4) is 0 Å². The lowest BCUT2D eigenvalue weighted by molar-refractivity contribution is -0.150. The van der Waals surface area contributed by atoms with E-state index < -0.39 is 11.4 Å². The number of carbonyl (C=O) groups excluding carboxylic acids is 2. The minimum atomic E-state index is -0.662. The smallest absolute Gasteiger partial charge is 0.309 e. The Morgan fingerprint density at radius 3 is 2.17 bits per heavy atom. The number of rotatable bonds is 8. The van der Waals surface area contributed by atoms with Gasteiger partial charge in [-0.05, 0) is 119 Å². The van der Waals surface area contributed by atoms with Crippen LogP contribution >= 0.6 is 11.6 Å². The Kier molecular flexibility index (Phi) is 9.24. The Balaban J connectivity index is 0.948. The molecule has 2 atom stereocenters. The second-order valence-corrected chi connectivity index (χ2v) is 17.2. The molecule has 12 heteroatoms. The largest absolute Gasteiger partial charge is 0.481 e. The van der Waals surface area contributed by atoms with E-state index in [1.165, 1.54) is 12.8 Å². The molecule has 4 aromatic rings. The quantitative estimate of drug-likeness (QED) is 0.170. The van der Waals surface area contributed by atoms with Crippen LogP contribution < -0.4 is 10.6 Å². The number of fused-ring (bicyclic) bond motifs is 3. The summed E-state index contributed by atoms with van der Waals surface area (Å²) in [4.78, 5) is 50.8. The minimum Gasteiger partial charge on any atom is -0.481 e. The third-order valence-electron chi connectivity index (χ3n) is 13.3. The summed E-state index contributed by atoms with van der Waals surface area (Å²) in [6.07, 6.45) is 9.54. The summed E-state index contributed by atoms with van der Waals surface area (Å²) >= 11 is 7.03. The van der Waals surface area contributed by atoms with Crippen molar-refractivity contribution < 1.29 is 19.5 Å². The van der Waals surface area contributed by atoms with Crippen molar-refractivity contribution in [2.75, 3.05) is 24.2 Å². The first kappa shape index (κ1) is 36.5. The molecule has 0 bridgehead atoms. The molecular formula is C42H50ClN7O4. The van der Waals surface area contributed by atoms with Gasteiger partial charge in [-0.3, -0.25) is 14.4 Å². The maximum atomic E-state index is 13.8. The highest BCUT2D eigenvalue weighted by atomic mass is 35.5. The number of carboxylic acids is 1. The van der Waals surface area contributed by atoms with Gasteiger partial charge in [0, 0.05) is 56.2 Å². The maximum absolute atomic E-state index is 13.8. The molecule has 0 saturated heterocycles. The number of amides is 2. The number of benzene rings is 2. The van der Waals surface area contributed by atoms with Crippen LogP contribution in [-0.4, -0.2) is 60.5 Å². The summed E-state index contributed by atoms with van der Waals surface area (Å²) < 4.78 is 3.85. The van der Waals surface area contributed by atoms with Crippen molar-refractivity contribution >= 4 is 40.8 Å². The summed E-state index contributed by atoms with van der Waals surface area (Å²) in [5.74, 6) is 0.667. The van der Waals surface area contributed by atoms with Gasteiger partial charge in [-0.2, -0.15) is 0 Å². The summed E-state index contributed by atoms with van der Waals surface area (Å²) in [7, 11) is 5.88. The molecule has 284 valence electrons. The Labute approximate surface area is 321 Å². The van der Waals surface area contributed by atoms with E-state index in [9.17, 15) is 19.5 Å². The van der Waals surface area contributed by atoms with E-state index >= 15 is 0 Å². The number of carbonyl (C=O) groups is 3. The average Bonchev–Trinajstić information content (AvgIpc) is 3.61. The normalized spacial score (nSPS) is 24.9. The average molecular weight is 752 g/mol. The van der Waals surface area contributed by atoms with Crippen LogP contribution in [-0.2, 0) is 44.7 Å². The van der Waals surface area contributed by atoms with E-state index in [4.69, 9.17) is 16.6 Å². The number of carboxylic acid groups (broad SMARTS) is 1. The predicted molar refractivity (Wildman–Crippen MR) is 209 cm³/mol. The highest BCUT2D eigenvalue weighted by Gasteiger charge is 2.56. The number of nitrogens with one attached hydrogen (secondary N) is 2. The van der Waals surface area contributed by atoms with Crippen molar-refractivity contribution in [1.29, 1.82) is 0 Å². The molecular weight excluding hydrogens is 702 g/mol. The number of anilines is 2. The molecule has 8 rings (SSSR count). The van der Waals surface area contributed by atoms with Gasteiger partial charge in [0.1, 0.15) is 0 Å². The number of halogens is 1. The van der Waals surface area contributed by atoms with Crippen LogP contribution in [0.15, 0.2) is 36.4 Å². The highest BCUT2D eigenvalue weighted by molar-refractivity contribution is 6.36. The zero-order valence-corrected chi connectivity index (χ0v) is 32.6. The molecule has 3 heterocycles. The number of likely N-dealkylation sites (N-methyl/N-ethyl adjacent to an activating group) is 1. The summed E-state index contributed by atoms with van der Waals surface area (Å²) in [6, 6.07) is 11.3. The fourth-order valence-corrected chi connectivity index (χ4v) is 9.95. The maximum Gasteiger partial charge on any atom is 0.309 e. The summed E-state index contributed by atoms with van der Waals surface area (Å²) in [6.45, 7) is 5.50. The molecule has 3 aliphatic carbocycles. The standard InChI is InChI=1S/C42H50ClN7O4/c1-24-27(8-6-10-29(24)46-38(51)37-45-32-23-48(3)19-15-34(32)50(37)5)28-9-7-11-30(35(28)43)47-39(52)36-44-31-20-26-22-42(26,18-14-33(31)49(36)4)21-25-12-16-41(2,17-13-25)40(53)54/h6-11,25-26H,12-23H2,1-5H3,(H,46,51)(H,47,52)(H,53,54). The Hall–Kier alpha value is -4.48. The van der Waals surface area contributed by atoms with E-state index in [1.807, 2.05) is 67.4 Å². The Bertz CT molecular complexity index is 2180. The minimum absolute atomic E-state index is 0.267. The highest BCUT2D eigenvalue weighted by Crippen LogP contribution is 2.63. The van der Waals surface area contributed by atoms with Gasteiger partial charge in [0.25, 0.3) is 11.8 Å². The molecule has 2 unspecified atom stereocenters. The Morgan fingerprint density at radius 1 is 0.870 bits per heavy atom. The van der Waals surface area contributed by atoms with Crippen LogP contribution in [0.25, 0.3) is 11.1 Å². The second-order valence-electron chi connectivity index (χ2n) is 16.8. The second kappa shape index (κ2) is 13.7. The molecule has 4 aliphatic rings. The van der Waals surface area contributed by atoms with Crippen LogP contribution in [0.4, 0.5) is 11.4 Å². The SMILES string of the molecule is Cc1c(NC(=O)c2nc3c(n2C)CCN(C)C3)cccc1-c1cccc(NC(=O)c2nc3c(n2C)CCC2(CC4CCC(C)(C(=O)O)CC4)CC2C3)c1Cl. The molecule has 2 aromatic carbocycles. The molecule has 2 fully saturated rings. The summed E-state index contributed by atoms with van der Waals surface area (Å²) in [5, 5.41) is 16.2. The van der Waals surface area contributed by atoms with E-state index in [0.29, 0.717) is 45.3 Å². The van der Waals surface area contributed by atoms with Gasteiger partial charge in [-0.15, -0.1) is 0 Å². The van der Waals surface area contributed by atoms with Crippen LogP contribution in [0.5, 0.6) is 0 Å².